The van der Waals surface area contributed by atoms with Crippen LogP contribution >= 0.6 is 11.6 Å². The maximum Gasteiger partial charge on any atom is 0.268 e. The Labute approximate surface area is 224 Å². The average Bonchev–Trinajstić information content (AvgIpc) is 3.46. The standard InChI is InChI=1S/C28H35ClN4O3Si/c1-18(36-37(5,6)28(2,3)4)7-13-24(33-16-23(26(30)34)31-17-33)20-10-14-25-22(15-20)32-27(35-25)19-8-11-21(29)12-9-19/h8-12,14-18,24H,7,13H2,1-6H3,(H2,30,34)/t18-,24?/m0/s1. The molecular formula is C28H35ClN4O3Si. The van der Waals surface area contributed by atoms with Crippen LogP contribution in [0.1, 0.15) is 62.6 Å². The van der Waals surface area contributed by atoms with Crippen molar-refractivity contribution in [3.63, 3.8) is 0 Å². The molecule has 0 aliphatic heterocycles. The van der Waals surface area contributed by atoms with Gasteiger partial charge in [-0.15, -0.1) is 0 Å². The highest BCUT2D eigenvalue weighted by atomic mass is 35.5. The molecule has 4 rings (SSSR count). The first-order valence-corrected chi connectivity index (χ1v) is 15.8. The molecule has 9 heteroatoms. The number of benzene rings is 2. The molecule has 2 N–H and O–H groups in total. The highest BCUT2D eigenvalue weighted by Crippen LogP contribution is 2.38. The molecule has 0 aliphatic rings. The number of hydrogen-bond acceptors (Lipinski definition) is 5. The molecule has 0 radical (unpaired) electrons. The van der Waals surface area contributed by atoms with Crippen molar-refractivity contribution in [3.05, 3.63) is 71.3 Å². The van der Waals surface area contributed by atoms with Gasteiger partial charge in [-0.1, -0.05) is 38.4 Å². The van der Waals surface area contributed by atoms with E-state index in [1.807, 2.05) is 47.0 Å². The van der Waals surface area contributed by atoms with Crippen LogP contribution in [0.4, 0.5) is 0 Å². The fraction of sp³-hybridized carbons (Fsp3) is 0.393. The van der Waals surface area contributed by atoms with Crippen LogP contribution in [0, 0.1) is 0 Å². The maximum absolute atomic E-state index is 11.7. The highest BCUT2D eigenvalue weighted by Gasteiger charge is 2.38. The van der Waals surface area contributed by atoms with Gasteiger partial charge in [0.1, 0.15) is 11.2 Å². The largest absolute Gasteiger partial charge is 0.436 e. The predicted octanol–water partition coefficient (Wildman–Crippen LogP) is 7.22. The minimum absolute atomic E-state index is 0.0776. The number of rotatable bonds is 9. The molecule has 2 aromatic carbocycles. The van der Waals surface area contributed by atoms with Crippen molar-refractivity contribution in [3.8, 4) is 11.5 Å². The normalized spacial score (nSPS) is 14.1. The average molecular weight is 539 g/mol. The number of amides is 1. The molecule has 2 heterocycles. The summed E-state index contributed by atoms with van der Waals surface area (Å²) in [6.07, 6.45) is 5.09. The first-order chi connectivity index (χ1) is 17.3. The third-order valence-corrected chi connectivity index (χ3v) is 12.1. The van der Waals surface area contributed by atoms with E-state index in [0.717, 1.165) is 29.5 Å². The van der Waals surface area contributed by atoms with Crippen molar-refractivity contribution in [2.45, 2.75) is 70.8 Å². The predicted molar refractivity (Wildman–Crippen MR) is 150 cm³/mol. The maximum atomic E-state index is 11.7. The van der Waals surface area contributed by atoms with E-state index in [9.17, 15) is 4.79 Å². The van der Waals surface area contributed by atoms with Gasteiger partial charge in [0.05, 0.1) is 12.4 Å². The molecule has 37 heavy (non-hydrogen) atoms. The summed E-state index contributed by atoms with van der Waals surface area (Å²) < 4.78 is 14.6. The molecule has 4 aromatic rings. The first kappa shape index (κ1) is 27.1. The fourth-order valence-electron chi connectivity index (χ4n) is 4.12. The van der Waals surface area contributed by atoms with Gasteiger partial charge in [-0.25, -0.2) is 9.97 Å². The Balaban J connectivity index is 1.62. The van der Waals surface area contributed by atoms with E-state index < -0.39 is 14.2 Å². The van der Waals surface area contributed by atoms with Gasteiger partial charge in [0.2, 0.25) is 5.89 Å². The Kier molecular flexibility index (Phi) is 7.64. The van der Waals surface area contributed by atoms with E-state index in [2.05, 4.69) is 45.8 Å². The van der Waals surface area contributed by atoms with Gasteiger partial charge in [-0.2, -0.15) is 0 Å². The van der Waals surface area contributed by atoms with Crippen LogP contribution in [0.5, 0.6) is 0 Å². The number of carbonyl (C=O) groups excluding carboxylic acids is 1. The summed E-state index contributed by atoms with van der Waals surface area (Å²) in [5.41, 5.74) is 9.07. The molecule has 0 spiro atoms. The smallest absolute Gasteiger partial charge is 0.268 e. The van der Waals surface area contributed by atoms with Gasteiger partial charge in [-0.05, 0) is 79.9 Å². The lowest BCUT2D eigenvalue weighted by Crippen LogP contribution is -2.43. The number of primary amides is 1. The third kappa shape index (κ3) is 6.14. The lowest BCUT2D eigenvalue weighted by molar-refractivity contribution is 0.0996. The SMILES string of the molecule is C[C@@H](CCC(c1ccc2oc(-c3ccc(Cl)cc3)nc2c1)n1cnc(C(N)=O)c1)O[Si](C)(C)C(C)(C)C. The molecular weight excluding hydrogens is 504 g/mol. The molecule has 0 aliphatic carbocycles. The van der Waals surface area contributed by atoms with Crippen LogP contribution in [0.3, 0.4) is 0 Å². The molecule has 2 aromatic heterocycles. The fourth-order valence-corrected chi connectivity index (χ4v) is 5.72. The van der Waals surface area contributed by atoms with Crippen LogP contribution in [0.15, 0.2) is 59.4 Å². The molecule has 0 bridgehead atoms. The second kappa shape index (κ2) is 10.4. The van der Waals surface area contributed by atoms with Gasteiger partial charge in [0, 0.05) is 22.9 Å². The summed E-state index contributed by atoms with van der Waals surface area (Å²) in [6.45, 7) is 13.4. The second-order valence-corrected chi connectivity index (χ2v) is 16.3. The zero-order valence-corrected chi connectivity index (χ0v) is 24.0. The number of oxazole rings is 1. The van der Waals surface area contributed by atoms with Crippen molar-refractivity contribution in [1.82, 2.24) is 14.5 Å². The first-order valence-electron chi connectivity index (χ1n) is 12.5. The molecule has 0 saturated heterocycles. The molecule has 1 amide bonds. The Morgan fingerprint density at radius 2 is 1.86 bits per heavy atom. The van der Waals surface area contributed by atoms with Gasteiger partial charge in [0.15, 0.2) is 13.9 Å². The molecule has 2 atom stereocenters. The van der Waals surface area contributed by atoms with Gasteiger partial charge in [-0.3, -0.25) is 4.79 Å². The Bertz CT molecular complexity index is 1390. The Morgan fingerprint density at radius 3 is 2.49 bits per heavy atom. The number of carbonyl (C=O) groups is 1. The monoisotopic (exact) mass is 538 g/mol. The van der Waals surface area contributed by atoms with E-state index >= 15 is 0 Å². The van der Waals surface area contributed by atoms with Gasteiger partial charge >= 0.3 is 0 Å². The molecule has 0 fully saturated rings. The lowest BCUT2D eigenvalue weighted by atomic mass is 10.00. The van der Waals surface area contributed by atoms with Crippen molar-refractivity contribution in [2.75, 3.05) is 0 Å². The summed E-state index contributed by atoms with van der Waals surface area (Å²) in [7, 11) is -1.89. The number of aromatic nitrogens is 3. The van der Waals surface area contributed by atoms with Gasteiger partial charge in [0.25, 0.3) is 5.91 Å². The zero-order chi connectivity index (χ0) is 27.0. The van der Waals surface area contributed by atoms with E-state index in [4.69, 9.17) is 31.2 Å². The van der Waals surface area contributed by atoms with Crippen molar-refractivity contribution in [2.24, 2.45) is 5.73 Å². The summed E-state index contributed by atoms with van der Waals surface area (Å²) in [5, 5.41) is 0.800. The summed E-state index contributed by atoms with van der Waals surface area (Å²) in [4.78, 5) is 20.7. The number of hydrogen-bond donors (Lipinski definition) is 1. The number of nitrogens with zero attached hydrogens (tertiary/aromatic N) is 3. The zero-order valence-electron chi connectivity index (χ0n) is 22.3. The van der Waals surface area contributed by atoms with Crippen LogP contribution < -0.4 is 5.73 Å². The van der Waals surface area contributed by atoms with Crippen LogP contribution in [0.2, 0.25) is 23.2 Å². The number of fused-ring (bicyclic) bond motifs is 1. The molecule has 0 saturated carbocycles. The summed E-state index contributed by atoms with van der Waals surface area (Å²) in [5.74, 6) is -0.0120. The van der Waals surface area contributed by atoms with Gasteiger partial charge < -0.3 is 19.1 Å². The summed E-state index contributed by atoms with van der Waals surface area (Å²) >= 11 is 6.03. The topological polar surface area (TPSA) is 96.2 Å². The third-order valence-electron chi connectivity index (χ3n) is 7.25. The highest BCUT2D eigenvalue weighted by molar-refractivity contribution is 6.74. The molecule has 1 unspecified atom stereocenters. The number of imidazole rings is 1. The quantitative estimate of drug-likeness (QED) is 0.227. The van der Waals surface area contributed by atoms with Crippen LogP contribution in [-0.2, 0) is 4.43 Å². The van der Waals surface area contributed by atoms with Crippen molar-refractivity contribution in [1.29, 1.82) is 0 Å². The summed E-state index contributed by atoms with van der Waals surface area (Å²) in [6, 6.07) is 13.3. The number of nitrogens with two attached hydrogens (primary N) is 1. The van der Waals surface area contributed by atoms with E-state index in [1.165, 1.54) is 0 Å². The van der Waals surface area contributed by atoms with Crippen LogP contribution in [0.25, 0.3) is 22.6 Å². The minimum Gasteiger partial charge on any atom is -0.436 e. The number of halogens is 1. The van der Waals surface area contributed by atoms with Crippen molar-refractivity contribution < 1.29 is 13.6 Å². The lowest BCUT2D eigenvalue weighted by Gasteiger charge is -2.38. The molecule has 196 valence electrons. The molecule has 7 nitrogen and oxygen atoms in total. The van der Waals surface area contributed by atoms with E-state index in [1.54, 1.807) is 12.5 Å². The van der Waals surface area contributed by atoms with Crippen molar-refractivity contribution >= 4 is 36.9 Å². The van der Waals surface area contributed by atoms with E-state index in [-0.39, 0.29) is 22.9 Å². The minimum atomic E-state index is -1.89. The Hall–Kier alpha value is -2.94. The second-order valence-electron chi connectivity index (χ2n) is 11.1. The van der Waals surface area contributed by atoms with E-state index in [0.29, 0.717) is 16.5 Å². The Morgan fingerprint density at radius 1 is 1.16 bits per heavy atom. The van der Waals surface area contributed by atoms with Crippen LogP contribution in [-0.4, -0.2) is 34.9 Å².